The van der Waals surface area contributed by atoms with E-state index < -0.39 is 0 Å². The molecule has 3 N–H and O–H groups in total. The number of nitrogens with one attached hydrogen (secondary N) is 3. The van der Waals surface area contributed by atoms with E-state index in [9.17, 15) is 4.39 Å². The number of aromatic nitrogens is 6. The normalized spacial score (nSPS) is 11.2. The van der Waals surface area contributed by atoms with Crippen molar-refractivity contribution in [2.75, 3.05) is 12.4 Å². The lowest BCUT2D eigenvalue weighted by molar-refractivity contribution is 0.417. The quantitative estimate of drug-likeness (QED) is 0.441. The van der Waals surface area contributed by atoms with Crippen molar-refractivity contribution in [3.05, 3.63) is 54.7 Å². The molecule has 0 fully saturated rings. The predicted octanol–water partition coefficient (Wildman–Crippen LogP) is 3.79. The van der Waals surface area contributed by atoms with Gasteiger partial charge in [-0.2, -0.15) is 10.2 Å². The average Bonchev–Trinajstić information content (AvgIpc) is 3.35. The third-order valence-electron chi connectivity index (χ3n) is 4.50. The minimum absolute atomic E-state index is 0.305. The van der Waals surface area contributed by atoms with E-state index in [2.05, 4.69) is 35.7 Å². The Morgan fingerprint density at radius 2 is 1.93 bits per heavy atom. The number of benzene rings is 2. The molecule has 28 heavy (non-hydrogen) atoms. The van der Waals surface area contributed by atoms with Crippen LogP contribution < -0.4 is 10.1 Å². The van der Waals surface area contributed by atoms with Crippen LogP contribution in [-0.4, -0.2) is 37.5 Å². The zero-order chi connectivity index (χ0) is 19.1. The van der Waals surface area contributed by atoms with Crippen LogP contribution in [0, 0.1) is 5.82 Å². The van der Waals surface area contributed by atoms with Crippen LogP contribution in [0.15, 0.2) is 48.9 Å². The molecule has 3 aromatic heterocycles. The summed E-state index contributed by atoms with van der Waals surface area (Å²) in [5.41, 5.74) is 3.56. The Morgan fingerprint density at radius 3 is 2.75 bits per heavy atom. The Morgan fingerprint density at radius 1 is 1.07 bits per heavy atom. The molecule has 0 amide bonds. The molecule has 0 aliphatic heterocycles. The molecule has 138 valence electrons. The van der Waals surface area contributed by atoms with Gasteiger partial charge in [0.25, 0.3) is 0 Å². The van der Waals surface area contributed by atoms with Gasteiger partial charge >= 0.3 is 0 Å². The molecule has 0 aliphatic rings. The fraction of sp³-hybridized carbons (Fsp3) is 0.0526. The van der Waals surface area contributed by atoms with Gasteiger partial charge in [-0.3, -0.25) is 10.2 Å². The molecule has 5 aromatic rings. The lowest BCUT2D eigenvalue weighted by atomic mass is 10.1. The van der Waals surface area contributed by atoms with Gasteiger partial charge in [-0.05, 0) is 30.3 Å². The summed E-state index contributed by atoms with van der Waals surface area (Å²) in [6, 6.07) is 9.93. The Labute approximate surface area is 157 Å². The second-order valence-corrected chi connectivity index (χ2v) is 6.16. The van der Waals surface area contributed by atoms with Gasteiger partial charge in [0.15, 0.2) is 5.65 Å². The first-order valence-electron chi connectivity index (χ1n) is 8.46. The maximum absolute atomic E-state index is 13.3. The molecule has 0 atom stereocenters. The molecule has 0 unspecified atom stereocenters. The van der Waals surface area contributed by atoms with E-state index in [4.69, 9.17) is 4.74 Å². The molecule has 2 aromatic carbocycles. The van der Waals surface area contributed by atoms with Gasteiger partial charge < -0.3 is 10.1 Å². The molecule has 0 radical (unpaired) electrons. The predicted molar refractivity (Wildman–Crippen MR) is 103 cm³/mol. The summed E-state index contributed by atoms with van der Waals surface area (Å²) >= 11 is 0. The fourth-order valence-corrected chi connectivity index (χ4v) is 3.14. The standard InChI is InChI=1S/C19H14FN7O/c1-28-15-7-13-11(8-23-25-13)6-14(15)24-18-16-17(10-2-4-12(20)5-3-10)26-27-19(16)22-9-21-18/h2-9H,1H3,(H,23,25)(H2,21,22,24,26,27). The van der Waals surface area contributed by atoms with Crippen LogP contribution in [0.25, 0.3) is 33.2 Å². The van der Waals surface area contributed by atoms with Crippen molar-refractivity contribution >= 4 is 33.4 Å². The first kappa shape index (κ1) is 16.2. The third kappa shape index (κ3) is 2.60. The number of halogens is 1. The highest BCUT2D eigenvalue weighted by molar-refractivity contribution is 6.00. The van der Waals surface area contributed by atoms with Crippen LogP contribution in [0.2, 0.25) is 0 Å². The maximum Gasteiger partial charge on any atom is 0.186 e. The molecule has 8 nitrogen and oxygen atoms in total. The first-order chi connectivity index (χ1) is 13.7. The van der Waals surface area contributed by atoms with E-state index in [1.54, 1.807) is 25.4 Å². The number of rotatable bonds is 4. The van der Waals surface area contributed by atoms with E-state index >= 15 is 0 Å². The van der Waals surface area contributed by atoms with E-state index in [-0.39, 0.29) is 5.82 Å². The summed E-state index contributed by atoms with van der Waals surface area (Å²) in [7, 11) is 1.60. The topological polar surface area (TPSA) is 104 Å². The first-order valence-corrected chi connectivity index (χ1v) is 8.46. The molecular formula is C19H14FN7O. The summed E-state index contributed by atoms with van der Waals surface area (Å²) in [6.07, 6.45) is 3.17. The largest absolute Gasteiger partial charge is 0.494 e. The van der Waals surface area contributed by atoms with Crippen LogP contribution in [0.1, 0.15) is 0 Å². The third-order valence-corrected chi connectivity index (χ3v) is 4.50. The number of aromatic amines is 2. The molecule has 0 aliphatic carbocycles. The minimum Gasteiger partial charge on any atom is -0.494 e. The maximum atomic E-state index is 13.3. The zero-order valence-electron chi connectivity index (χ0n) is 14.7. The summed E-state index contributed by atoms with van der Waals surface area (Å²) in [5, 5.41) is 19.1. The van der Waals surface area contributed by atoms with Crippen LogP contribution in [0.3, 0.4) is 0 Å². The second-order valence-electron chi connectivity index (χ2n) is 6.16. The molecular weight excluding hydrogens is 361 g/mol. The van der Waals surface area contributed by atoms with Crippen molar-refractivity contribution in [1.29, 1.82) is 0 Å². The lowest BCUT2D eigenvalue weighted by Gasteiger charge is -2.12. The summed E-state index contributed by atoms with van der Waals surface area (Å²) in [4.78, 5) is 8.60. The second kappa shape index (κ2) is 6.31. The van der Waals surface area contributed by atoms with E-state index in [1.807, 2.05) is 12.1 Å². The number of hydrogen-bond donors (Lipinski definition) is 3. The molecule has 0 spiro atoms. The minimum atomic E-state index is -0.305. The van der Waals surface area contributed by atoms with Crippen LogP contribution in [0.5, 0.6) is 5.75 Å². The number of fused-ring (bicyclic) bond motifs is 2. The van der Waals surface area contributed by atoms with Crippen molar-refractivity contribution in [1.82, 2.24) is 30.4 Å². The Bertz CT molecular complexity index is 1290. The lowest BCUT2D eigenvalue weighted by Crippen LogP contribution is -1.98. The van der Waals surface area contributed by atoms with Gasteiger partial charge in [-0.25, -0.2) is 14.4 Å². The highest BCUT2D eigenvalue weighted by atomic mass is 19.1. The molecule has 0 bridgehead atoms. The van der Waals surface area contributed by atoms with Crippen molar-refractivity contribution < 1.29 is 9.13 Å². The highest BCUT2D eigenvalue weighted by Gasteiger charge is 2.16. The number of methoxy groups -OCH3 is 1. The Hall–Kier alpha value is -4.01. The number of anilines is 2. The number of H-pyrrole nitrogens is 2. The smallest absolute Gasteiger partial charge is 0.186 e. The van der Waals surface area contributed by atoms with Crippen molar-refractivity contribution in [3.63, 3.8) is 0 Å². The van der Waals surface area contributed by atoms with Crippen molar-refractivity contribution in [2.45, 2.75) is 0 Å². The van der Waals surface area contributed by atoms with Crippen LogP contribution in [0.4, 0.5) is 15.9 Å². The molecule has 3 heterocycles. The van der Waals surface area contributed by atoms with Crippen LogP contribution in [-0.2, 0) is 0 Å². The SMILES string of the molecule is COc1cc2[nH]ncc2cc1Nc1ncnc2n[nH]c(-c3ccc(F)cc3)c12. The van der Waals surface area contributed by atoms with E-state index in [0.29, 0.717) is 28.3 Å². The summed E-state index contributed by atoms with van der Waals surface area (Å²) < 4.78 is 18.8. The average molecular weight is 375 g/mol. The highest BCUT2D eigenvalue weighted by Crippen LogP contribution is 2.35. The van der Waals surface area contributed by atoms with E-state index in [1.165, 1.54) is 18.5 Å². The van der Waals surface area contributed by atoms with Gasteiger partial charge in [0.1, 0.15) is 23.7 Å². The number of ether oxygens (including phenoxy) is 1. The number of hydrogen-bond acceptors (Lipinski definition) is 6. The van der Waals surface area contributed by atoms with Gasteiger partial charge in [0, 0.05) is 17.0 Å². The molecule has 9 heteroatoms. The van der Waals surface area contributed by atoms with Crippen molar-refractivity contribution in [2.24, 2.45) is 0 Å². The molecule has 0 saturated carbocycles. The van der Waals surface area contributed by atoms with E-state index in [0.717, 1.165) is 22.2 Å². The van der Waals surface area contributed by atoms with Crippen LogP contribution >= 0.6 is 0 Å². The van der Waals surface area contributed by atoms with Crippen molar-refractivity contribution in [3.8, 4) is 17.0 Å². The zero-order valence-corrected chi connectivity index (χ0v) is 14.7. The summed E-state index contributed by atoms with van der Waals surface area (Å²) in [5.74, 6) is 0.884. The Kier molecular flexibility index (Phi) is 3.64. The van der Waals surface area contributed by atoms with Gasteiger partial charge in [-0.15, -0.1) is 0 Å². The van der Waals surface area contributed by atoms with Gasteiger partial charge in [-0.1, -0.05) is 0 Å². The Balaban J connectivity index is 1.65. The molecule has 5 rings (SSSR count). The monoisotopic (exact) mass is 375 g/mol. The molecule has 0 saturated heterocycles. The fourth-order valence-electron chi connectivity index (χ4n) is 3.14. The summed E-state index contributed by atoms with van der Waals surface area (Å²) in [6.45, 7) is 0. The van der Waals surface area contributed by atoms with Gasteiger partial charge in [0.2, 0.25) is 0 Å². The van der Waals surface area contributed by atoms with Gasteiger partial charge in [0.05, 0.1) is 35.6 Å². The number of nitrogens with zero attached hydrogens (tertiary/aromatic N) is 4.